The monoisotopic (exact) mass is 278 g/mol. The number of benzene rings is 2. The maximum atomic E-state index is 12.7. The zero-order valence-electron chi connectivity index (χ0n) is 10.1. The van der Waals surface area contributed by atoms with E-state index in [1.54, 1.807) is 24.3 Å². The van der Waals surface area contributed by atoms with Crippen LogP contribution in [0.5, 0.6) is 0 Å². The van der Waals surface area contributed by atoms with Gasteiger partial charge in [0.2, 0.25) is 0 Å². The zero-order chi connectivity index (χ0) is 14.3. The Balaban J connectivity index is 2.13. The van der Waals surface area contributed by atoms with E-state index in [4.69, 9.17) is 0 Å². The summed E-state index contributed by atoms with van der Waals surface area (Å²) in [4.78, 5) is 12.0. The van der Waals surface area contributed by atoms with Crippen molar-refractivity contribution in [3.8, 4) is 0 Å². The first-order valence-electron chi connectivity index (χ1n) is 5.84. The molecule has 0 bridgehead atoms. The van der Waals surface area contributed by atoms with Crippen LogP contribution in [0.1, 0.15) is 15.9 Å². The van der Waals surface area contributed by atoms with Gasteiger partial charge in [0.1, 0.15) is 0 Å². The molecule has 3 nitrogen and oxygen atoms in total. The van der Waals surface area contributed by atoms with Crippen molar-refractivity contribution in [3.05, 3.63) is 53.6 Å². The van der Waals surface area contributed by atoms with Gasteiger partial charge in [-0.25, -0.2) is 0 Å². The lowest BCUT2D eigenvalue weighted by atomic mass is 10.1. The number of nitrogens with one attached hydrogen (secondary N) is 2. The molecule has 3 rings (SSSR count). The highest BCUT2D eigenvalue weighted by atomic mass is 19.4. The second-order valence-electron chi connectivity index (χ2n) is 4.38. The number of anilines is 3. The summed E-state index contributed by atoms with van der Waals surface area (Å²) in [5.74, 6) is -0.439. The standard InChI is InChI=1S/C14H9F3N2O/c15-14(16,17)8-5-6-9-12(7-8)18-10-3-1-2-4-11(10)19-13(9)20/h1-7,18H,(H,19,20). The number of rotatable bonds is 0. The van der Waals surface area contributed by atoms with Crippen molar-refractivity contribution in [1.82, 2.24) is 0 Å². The fraction of sp³-hybridized carbons (Fsp3) is 0.0714. The van der Waals surface area contributed by atoms with Gasteiger partial charge in [-0.05, 0) is 30.3 Å². The van der Waals surface area contributed by atoms with Crippen molar-refractivity contribution in [2.45, 2.75) is 6.18 Å². The molecule has 0 saturated heterocycles. The van der Waals surface area contributed by atoms with Crippen molar-refractivity contribution in [3.63, 3.8) is 0 Å². The molecule has 0 spiro atoms. The Hall–Kier alpha value is -2.50. The molecule has 0 saturated carbocycles. The molecule has 6 heteroatoms. The summed E-state index contributed by atoms with van der Waals surface area (Å²) in [5.41, 5.74) is 0.605. The molecule has 0 unspecified atom stereocenters. The molecule has 1 aliphatic rings. The number of amides is 1. The zero-order valence-corrected chi connectivity index (χ0v) is 10.1. The third-order valence-corrected chi connectivity index (χ3v) is 3.04. The first-order chi connectivity index (χ1) is 9.45. The molecule has 20 heavy (non-hydrogen) atoms. The van der Waals surface area contributed by atoms with E-state index in [1.165, 1.54) is 6.07 Å². The average molecular weight is 278 g/mol. The number of para-hydroxylation sites is 2. The van der Waals surface area contributed by atoms with E-state index in [2.05, 4.69) is 10.6 Å². The van der Waals surface area contributed by atoms with Crippen LogP contribution >= 0.6 is 0 Å². The Morgan fingerprint density at radius 1 is 0.850 bits per heavy atom. The van der Waals surface area contributed by atoms with Gasteiger partial charge in [0.05, 0.1) is 28.2 Å². The van der Waals surface area contributed by atoms with E-state index in [0.29, 0.717) is 11.4 Å². The summed E-state index contributed by atoms with van der Waals surface area (Å²) < 4.78 is 38.2. The molecule has 102 valence electrons. The number of hydrogen-bond acceptors (Lipinski definition) is 2. The number of alkyl halides is 3. The molecular formula is C14H9F3N2O. The third kappa shape index (κ3) is 2.09. The molecule has 1 amide bonds. The minimum absolute atomic E-state index is 0.141. The topological polar surface area (TPSA) is 41.1 Å². The van der Waals surface area contributed by atoms with Crippen LogP contribution in [0.25, 0.3) is 0 Å². The van der Waals surface area contributed by atoms with E-state index < -0.39 is 17.6 Å². The minimum atomic E-state index is -4.45. The normalized spacial score (nSPS) is 13.7. The van der Waals surface area contributed by atoms with E-state index in [-0.39, 0.29) is 11.3 Å². The minimum Gasteiger partial charge on any atom is -0.353 e. The highest BCUT2D eigenvalue weighted by Gasteiger charge is 2.32. The second kappa shape index (κ2) is 4.26. The Labute approximate surface area is 112 Å². The van der Waals surface area contributed by atoms with Crippen LogP contribution in [0.4, 0.5) is 30.2 Å². The number of halogens is 3. The molecule has 0 aromatic heterocycles. The van der Waals surface area contributed by atoms with Gasteiger partial charge in [0.25, 0.3) is 5.91 Å². The smallest absolute Gasteiger partial charge is 0.353 e. The maximum Gasteiger partial charge on any atom is 0.416 e. The summed E-state index contributed by atoms with van der Waals surface area (Å²) in [6.07, 6.45) is -4.45. The molecule has 1 heterocycles. The lowest BCUT2D eigenvalue weighted by molar-refractivity contribution is -0.137. The van der Waals surface area contributed by atoms with Crippen molar-refractivity contribution in [1.29, 1.82) is 0 Å². The van der Waals surface area contributed by atoms with E-state index >= 15 is 0 Å². The van der Waals surface area contributed by atoms with Crippen molar-refractivity contribution >= 4 is 23.0 Å². The van der Waals surface area contributed by atoms with Gasteiger partial charge in [0.15, 0.2) is 0 Å². The lowest BCUT2D eigenvalue weighted by Gasteiger charge is -2.11. The largest absolute Gasteiger partial charge is 0.416 e. The molecule has 1 aliphatic heterocycles. The van der Waals surface area contributed by atoms with Crippen LogP contribution in [0.2, 0.25) is 0 Å². The summed E-state index contributed by atoms with van der Waals surface area (Å²) >= 11 is 0. The highest BCUT2D eigenvalue weighted by Crippen LogP contribution is 2.36. The number of carbonyl (C=O) groups excluding carboxylic acids is 1. The SMILES string of the molecule is O=C1Nc2ccccc2Nc2cc(C(F)(F)F)ccc21. The predicted molar refractivity (Wildman–Crippen MR) is 69.1 cm³/mol. The summed E-state index contributed by atoms with van der Waals surface area (Å²) in [7, 11) is 0. The van der Waals surface area contributed by atoms with Gasteiger partial charge in [-0.2, -0.15) is 13.2 Å². The fourth-order valence-electron chi connectivity index (χ4n) is 2.06. The first-order valence-corrected chi connectivity index (χ1v) is 5.84. The average Bonchev–Trinajstić information content (AvgIpc) is 2.53. The van der Waals surface area contributed by atoms with E-state index in [1.807, 2.05) is 0 Å². The van der Waals surface area contributed by atoms with Gasteiger partial charge in [-0.3, -0.25) is 4.79 Å². The summed E-state index contributed by atoms with van der Waals surface area (Å²) in [6.45, 7) is 0. The van der Waals surface area contributed by atoms with Crippen molar-refractivity contribution < 1.29 is 18.0 Å². The maximum absolute atomic E-state index is 12.7. The van der Waals surface area contributed by atoms with Gasteiger partial charge in [-0.15, -0.1) is 0 Å². The predicted octanol–water partition coefficient (Wildman–Crippen LogP) is 4.01. The second-order valence-corrected chi connectivity index (χ2v) is 4.38. The van der Waals surface area contributed by atoms with Crippen LogP contribution in [0.3, 0.4) is 0 Å². The van der Waals surface area contributed by atoms with Crippen LogP contribution in [-0.4, -0.2) is 5.91 Å². The Kier molecular flexibility index (Phi) is 2.67. The summed E-state index contributed by atoms with van der Waals surface area (Å²) in [6, 6.07) is 9.84. The Morgan fingerprint density at radius 2 is 1.50 bits per heavy atom. The molecule has 0 atom stereocenters. The fourth-order valence-corrected chi connectivity index (χ4v) is 2.06. The summed E-state index contributed by atoms with van der Waals surface area (Å²) in [5, 5.41) is 5.52. The van der Waals surface area contributed by atoms with Gasteiger partial charge >= 0.3 is 6.18 Å². The van der Waals surface area contributed by atoms with Gasteiger partial charge < -0.3 is 10.6 Å². The Morgan fingerprint density at radius 3 is 2.15 bits per heavy atom. The Bertz CT molecular complexity index is 695. The lowest BCUT2D eigenvalue weighted by Crippen LogP contribution is -2.12. The number of hydrogen-bond donors (Lipinski definition) is 2. The molecule has 0 radical (unpaired) electrons. The van der Waals surface area contributed by atoms with Crippen LogP contribution in [0, 0.1) is 0 Å². The van der Waals surface area contributed by atoms with Crippen molar-refractivity contribution in [2.75, 3.05) is 10.6 Å². The molecule has 2 aromatic rings. The van der Waals surface area contributed by atoms with E-state index in [0.717, 1.165) is 12.1 Å². The molecular weight excluding hydrogens is 269 g/mol. The molecule has 0 aliphatic carbocycles. The number of carbonyl (C=O) groups is 1. The van der Waals surface area contributed by atoms with Gasteiger partial charge in [-0.1, -0.05) is 12.1 Å². The van der Waals surface area contributed by atoms with E-state index in [9.17, 15) is 18.0 Å². The number of fused-ring (bicyclic) bond motifs is 2. The van der Waals surface area contributed by atoms with Gasteiger partial charge in [0, 0.05) is 0 Å². The van der Waals surface area contributed by atoms with Crippen molar-refractivity contribution in [2.24, 2.45) is 0 Å². The molecule has 2 N–H and O–H groups in total. The molecule has 2 aromatic carbocycles. The first kappa shape index (κ1) is 12.5. The highest BCUT2D eigenvalue weighted by molar-refractivity contribution is 6.12. The third-order valence-electron chi connectivity index (χ3n) is 3.04. The molecule has 0 fully saturated rings. The van der Waals surface area contributed by atoms with Crippen LogP contribution in [0.15, 0.2) is 42.5 Å². The quantitative estimate of drug-likeness (QED) is 0.764. The van der Waals surface area contributed by atoms with Crippen LogP contribution < -0.4 is 10.6 Å². The van der Waals surface area contributed by atoms with Crippen LogP contribution in [-0.2, 0) is 6.18 Å².